The number of carbonyl (C=O) groups excluding carboxylic acids is 1. The van der Waals surface area contributed by atoms with E-state index in [1.54, 1.807) is 0 Å². The van der Waals surface area contributed by atoms with Crippen molar-refractivity contribution in [1.29, 1.82) is 0 Å². The van der Waals surface area contributed by atoms with Crippen LogP contribution in [0.2, 0.25) is 0 Å². The molecule has 0 heterocycles. The summed E-state index contributed by atoms with van der Waals surface area (Å²) in [5.41, 5.74) is 6.65. The Labute approximate surface area is 127 Å². The number of carbonyl (C=O) groups is 1. The number of rotatable bonds is 6. The van der Waals surface area contributed by atoms with Crippen LogP contribution in [-0.2, 0) is 11.2 Å². The first-order chi connectivity index (χ1) is 10.0. The zero-order valence-corrected chi connectivity index (χ0v) is 13.0. The quantitative estimate of drug-likeness (QED) is 0.845. The topological polar surface area (TPSA) is 64.3 Å². The predicted octanol–water partition coefficient (Wildman–Crippen LogP) is 2.40. The van der Waals surface area contributed by atoms with Crippen LogP contribution >= 0.6 is 0 Å². The number of nitrogens with two attached hydrogens (primary N) is 1. The van der Waals surface area contributed by atoms with Crippen LogP contribution in [0.1, 0.15) is 45.1 Å². The lowest BCUT2D eigenvalue weighted by molar-refractivity contribution is -0.122. The average Bonchev–Trinajstić information content (AvgIpc) is 2.87. The zero-order valence-electron chi connectivity index (χ0n) is 13.0. The van der Waals surface area contributed by atoms with E-state index in [0.29, 0.717) is 13.0 Å². The maximum absolute atomic E-state index is 12.3. The summed E-state index contributed by atoms with van der Waals surface area (Å²) >= 11 is 0. The number of nitrogens with one attached hydrogen (secondary N) is 1. The molecule has 3 N–H and O–H groups in total. The Hall–Kier alpha value is -1.55. The highest BCUT2D eigenvalue weighted by Crippen LogP contribution is 2.28. The summed E-state index contributed by atoms with van der Waals surface area (Å²) in [7, 11) is 0. The molecule has 1 fully saturated rings. The predicted molar refractivity (Wildman–Crippen MR) is 84.3 cm³/mol. The molecule has 1 amide bonds. The molecule has 1 aliphatic carbocycles. The van der Waals surface area contributed by atoms with E-state index in [0.717, 1.165) is 37.0 Å². The van der Waals surface area contributed by atoms with Crippen molar-refractivity contribution in [1.82, 2.24) is 5.32 Å². The molecular formula is C17H26N2O2. The Morgan fingerprint density at radius 1 is 1.38 bits per heavy atom. The van der Waals surface area contributed by atoms with E-state index >= 15 is 0 Å². The Morgan fingerprint density at radius 3 is 2.71 bits per heavy atom. The molecule has 4 nitrogen and oxygen atoms in total. The van der Waals surface area contributed by atoms with Crippen LogP contribution in [0.5, 0.6) is 5.75 Å². The van der Waals surface area contributed by atoms with Crippen molar-refractivity contribution in [3.05, 3.63) is 29.8 Å². The van der Waals surface area contributed by atoms with Crippen molar-refractivity contribution in [3.8, 4) is 5.75 Å². The van der Waals surface area contributed by atoms with Gasteiger partial charge in [-0.2, -0.15) is 0 Å². The van der Waals surface area contributed by atoms with E-state index < -0.39 is 0 Å². The number of hydrogen-bond donors (Lipinski definition) is 2. The Balaban J connectivity index is 1.96. The zero-order chi connectivity index (χ0) is 15.3. The van der Waals surface area contributed by atoms with Crippen molar-refractivity contribution >= 4 is 5.91 Å². The van der Waals surface area contributed by atoms with Gasteiger partial charge >= 0.3 is 0 Å². The first-order valence-corrected chi connectivity index (χ1v) is 7.80. The van der Waals surface area contributed by atoms with E-state index in [4.69, 9.17) is 10.5 Å². The molecule has 1 aliphatic rings. The van der Waals surface area contributed by atoms with Crippen LogP contribution in [-0.4, -0.2) is 24.1 Å². The highest BCUT2D eigenvalue weighted by molar-refractivity contribution is 5.79. The number of amides is 1. The molecule has 0 saturated heterocycles. The Morgan fingerprint density at radius 2 is 2.10 bits per heavy atom. The standard InChI is InChI=1S/C17H26N2O2/c1-13(2)21-15-7-5-6-14(10-15)11-16(20)19-17(12-18)8-3-4-9-17/h5-7,10,13H,3-4,8-9,11-12,18H2,1-2H3,(H,19,20). The normalized spacial score (nSPS) is 17.0. The van der Waals surface area contributed by atoms with Gasteiger partial charge in [0.05, 0.1) is 18.1 Å². The van der Waals surface area contributed by atoms with Gasteiger partial charge < -0.3 is 15.8 Å². The summed E-state index contributed by atoms with van der Waals surface area (Å²) in [5.74, 6) is 0.855. The van der Waals surface area contributed by atoms with Crippen LogP contribution in [0.3, 0.4) is 0 Å². The van der Waals surface area contributed by atoms with Gasteiger partial charge in [-0.05, 0) is 44.4 Å². The Kier molecular flexibility index (Phi) is 5.23. The lowest BCUT2D eigenvalue weighted by atomic mass is 9.97. The van der Waals surface area contributed by atoms with Crippen molar-refractivity contribution in [2.75, 3.05) is 6.54 Å². The third-order valence-electron chi connectivity index (χ3n) is 3.99. The molecular weight excluding hydrogens is 264 g/mol. The first kappa shape index (κ1) is 15.8. The second-order valence-corrected chi connectivity index (χ2v) is 6.23. The average molecular weight is 290 g/mol. The minimum atomic E-state index is -0.177. The van der Waals surface area contributed by atoms with Gasteiger partial charge in [-0.15, -0.1) is 0 Å². The van der Waals surface area contributed by atoms with Gasteiger partial charge in [-0.1, -0.05) is 25.0 Å². The first-order valence-electron chi connectivity index (χ1n) is 7.80. The van der Waals surface area contributed by atoms with Crippen molar-refractivity contribution in [2.24, 2.45) is 5.73 Å². The van der Waals surface area contributed by atoms with Crippen molar-refractivity contribution < 1.29 is 9.53 Å². The van der Waals surface area contributed by atoms with Crippen LogP contribution < -0.4 is 15.8 Å². The van der Waals surface area contributed by atoms with Gasteiger partial charge in [0.25, 0.3) is 0 Å². The summed E-state index contributed by atoms with van der Waals surface area (Å²) in [6, 6.07) is 7.73. The molecule has 1 aromatic carbocycles. The minimum absolute atomic E-state index is 0.0454. The molecule has 2 rings (SSSR count). The second kappa shape index (κ2) is 6.94. The molecule has 0 radical (unpaired) electrons. The van der Waals surface area contributed by atoms with Crippen LogP contribution in [0.25, 0.3) is 0 Å². The van der Waals surface area contributed by atoms with Gasteiger partial charge in [0.1, 0.15) is 5.75 Å². The molecule has 0 bridgehead atoms. The maximum atomic E-state index is 12.3. The second-order valence-electron chi connectivity index (χ2n) is 6.23. The van der Waals surface area contributed by atoms with Crippen molar-refractivity contribution in [3.63, 3.8) is 0 Å². The molecule has 1 aromatic rings. The minimum Gasteiger partial charge on any atom is -0.491 e. The molecule has 1 saturated carbocycles. The number of benzene rings is 1. The maximum Gasteiger partial charge on any atom is 0.224 e. The van der Waals surface area contributed by atoms with Crippen LogP contribution in [0, 0.1) is 0 Å². The molecule has 0 aromatic heterocycles. The van der Waals surface area contributed by atoms with Crippen LogP contribution in [0.4, 0.5) is 0 Å². The fraction of sp³-hybridized carbons (Fsp3) is 0.588. The molecule has 0 unspecified atom stereocenters. The summed E-state index contributed by atoms with van der Waals surface area (Å²) in [6.45, 7) is 4.50. The number of hydrogen-bond acceptors (Lipinski definition) is 3. The summed E-state index contributed by atoms with van der Waals surface area (Å²) in [5, 5.41) is 3.15. The van der Waals surface area contributed by atoms with Gasteiger partial charge in [0, 0.05) is 6.54 Å². The molecule has 0 spiro atoms. The van der Waals surface area contributed by atoms with E-state index in [9.17, 15) is 4.79 Å². The molecule has 4 heteroatoms. The molecule has 0 aliphatic heterocycles. The third kappa shape index (κ3) is 4.46. The van der Waals surface area contributed by atoms with Crippen LogP contribution in [0.15, 0.2) is 24.3 Å². The largest absolute Gasteiger partial charge is 0.491 e. The smallest absolute Gasteiger partial charge is 0.224 e. The highest BCUT2D eigenvalue weighted by Gasteiger charge is 2.33. The third-order valence-corrected chi connectivity index (χ3v) is 3.99. The number of ether oxygens (including phenoxy) is 1. The summed E-state index contributed by atoms with van der Waals surface area (Å²) < 4.78 is 5.66. The molecule has 0 atom stereocenters. The van der Waals surface area contributed by atoms with E-state index in [1.807, 2.05) is 38.1 Å². The van der Waals surface area contributed by atoms with Gasteiger partial charge in [0.2, 0.25) is 5.91 Å². The van der Waals surface area contributed by atoms with Gasteiger partial charge in [-0.3, -0.25) is 4.79 Å². The lowest BCUT2D eigenvalue weighted by Crippen LogP contribution is -2.52. The fourth-order valence-corrected chi connectivity index (χ4v) is 2.96. The fourth-order valence-electron chi connectivity index (χ4n) is 2.96. The van der Waals surface area contributed by atoms with Gasteiger partial charge in [0.15, 0.2) is 0 Å². The highest BCUT2D eigenvalue weighted by atomic mass is 16.5. The van der Waals surface area contributed by atoms with E-state index in [2.05, 4.69) is 5.32 Å². The summed E-state index contributed by atoms with van der Waals surface area (Å²) in [4.78, 5) is 12.3. The van der Waals surface area contributed by atoms with Crippen molar-refractivity contribution in [2.45, 2.75) is 57.6 Å². The molecule has 116 valence electrons. The molecule has 21 heavy (non-hydrogen) atoms. The Bertz CT molecular complexity index is 479. The lowest BCUT2D eigenvalue weighted by Gasteiger charge is -2.28. The van der Waals surface area contributed by atoms with Gasteiger partial charge in [-0.25, -0.2) is 0 Å². The SMILES string of the molecule is CC(C)Oc1cccc(CC(=O)NC2(CN)CCCC2)c1. The van der Waals surface area contributed by atoms with E-state index in [1.165, 1.54) is 0 Å². The summed E-state index contributed by atoms with van der Waals surface area (Å²) in [6.07, 6.45) is 4.78. The monoisotopic (exact) mass is 290 g/mol. The van der Waals surface area contributed by atoms with E-state index in [-0.39, 0.29) is 17.6 Å².